The highest BCUT2D eigenvalue weighted by atomic mass is 79.9. The van der Waals surface area contributed by atoms with Crippen LogP contribution in [0.4, 0.5) is 0 Å². The fourth-order valence-corrected chi connectivity index (χ4v) is 2.06. The van der Waals surface area contributed by atoms with Gasteiger partial charge in [-0.1, -0.05) is 6.92 Å². The van der Waals surface area contributed by atoms with Gasteiger partial charge in [0.25, 0.3) is 0 Å². The molecule has 0 aliphatic carbocycles. The summed E-state index contributed by atoms with van der Waals surface area (Å²) in [5.41, 5.74) is 8.17. The molecule has 17 heavy (non-hydrogen) atoms. The molecule has 0 bridgehead atoms. The van der Waals surface area contributed by atoms with Gasteiger partial charge in [0.2, 0.25) is 0 Å². The Labute approximate surface area is 109 Å². The molecule has 5 heteroatoms. The van der Waals surface area contributed by atoms with Crippen LogP contribution in [-0.4, -0.2) is 14.8 Å². The van der Waals surface area contributed by atoms with Crippen LogP contribution in [0.25, 0.3) is 0 Å². The molecule has 2 aromatic heterocycles. The first-order valence-electron chi connectivity index (χ1n) is 5.59. The maximum Gasteiger partial charge on any atom is 0.0598 e. The van der Waals surface area contributed by atoms with Gasteiger partial charge in [0.05, 0.1) is 12.2 Å². The molecular weight excluding hydrogens is 280 g/mol. The molecule has 2 heterocycles. The van der Waals surface area contributed by atoms with E-state index in [0.29, 0.717) is 0 Å². The van der Waals surface area contributed by atoms with Gasteiger partial charge in [0.15, 0.2) is 0 Å². The zero-order chi connectivity index (χ0) is 12.3. The van der Waals surface area contributed by atoms with Crippen molar-refractivity contribution in [3.8, 4) is 0 Å². The zero-order valence-corrected chi connectivity index (χ0v) is 11.3. The summed E-state index contributed by atoms with van der Waals surface area (Å²) in [5, 5.41) is 4.28. The van der Waals surface area contributed by atoms with Gasteiger partial charge in [-0.25, -0.2) is 0 Å². The van der Waals surface area contributed by atoms with Gasteiger partial charge < -0.3 is 5.73 Å². The lowest BCUT2D eigenvalue weighted by Gasteiger charge is -2.09. The van der Waals surface area contributed by atoms with Gasteiger partial charge in [-0.3, -0.25) is 9.67 Å². The van der Waals surface area contributed by atoms with E-state index in [9.17, 15) is 0 Å². The number of aromatic nitrogens is 3. The van der Waals surface area contributed by atoms with E-state index in [-0.39, 0.29) is 6.04 Å². The first-order valence-corrected chi connectivity index (χ1v) is 6.38. The third-order valence-corrected chi connectivity index (χ3v) is 2.98. The van der Waals surface area contributed by atoms with Crippen molar-refractivity contribution < 1.29 is 0 Å². The van der Waals surface area contributed by atoms with Crippen LogP contribution in [0, 0.1) is 0 Å². The van der Waals surface area contributed by atoms with E-state index < -0.39 is 0 Å². The van der Waals surface area contributed by atoms with E-state index in [2.05, 4.69) is 32.9 Å². The summed E-state index contributed by atoms with van der Waals surface area (Å²) >= 11 is 3.39. The van der Waals surface area contributed by atoms with Gasteiger partial charge in [-0.05, 0) is 34.0 Å². The average Bonchev–Trinajstić information content (AvgIpc) is 2.77. The summed E-state index contributed by atoms with van der Waals surface area (Å²) in [6.45, 7) is 3.04. The number of rotatable bonds is 4. The third-order valence-electron chi connectivity index (χ3n) is 2.55. The van der Waals surface area contributed by atoms with Crippen molar-refractivity contribution >= 4 is 15.9 Å². The van der Waals surface area contributed by atoms with Crippen molar-refractivity contribution in [2.24, 2.45) is 5.73 Å². The lowest BCUT2D eigenvalue weighted by atomic mass is 10.1. The fourth-order valence-electron chi connectivity index (χ4n) is 1.68. The number of pyridine rings is 1. The monoisotopic (exact) mass is 294 g/mol. The molecule has 2 N–H and O–H groups in total. The van der Waals surface area contributed by atoms with Gasteiger partial charge in [0, 0.05) is 35.2 Å². The molecule has 0 aliphatic heterocycles. The fraction of sp³-hybridized carbons (Fsp3) is 0.333. The Bertz CT molecular complexity index is 495. The van der Waals surface area contributed by atoms with E-state index in [1.165, 1.54) is 0 Å². The molecule has 0 aliphatic rings. The Morgan fingerprint density at radius 2 is 2.18 bits per heavy atom. The predicted molar refractivity (Wildman–Crippen MR) is 70.5 cm³/mol. The molecule has 0 aromatic carbocycles. The highest BCUT2D eigenvalue weighted by Crippen LogP contribution is 2.20. The number of halogens is 1. The smallest absolute Gasteiger partial charge is 0.0598 e. The Balaban J connectivity index is 2.21. The van der Waals surface area contributed by atoms with Crippen molar-refractivity contribution in [2.45, 2.75) is 25.9 Å². The molecule has 2 rings (SSSR count). The van der Waals surface area contributed by atoms with Crippen LogP contribution in [-0.2, 0) is 6.54 Å². The number of hydrogen-bond donors (Lipinski definition) is 1. The Morgan fingerprint density at radius 1 is 1.35 bits per heavy atom. The summed E-state index contributed by atoms with van der Waals surface area (Å²) in [5.74, 6) is 0. The Hall–Kier alpha value is -1.20. The van der Waals surface area contributed by atoms with Crippen molar-refractivity contribution in [1.29, 1.82) is 0 Å². The SMILES string of the molecule is CCCn1cc(C(N)c2cncc(Br)c2)cn1. The summed E-state index contributed by atoms with van der Waals surface area (Å²) < 4.78 is 2.85. The van der Waals surface area contributed by atoms with Gasteiger partial charge >= 0.3 is 0 Å². The molecule has 1 unspecified atom stereocenters. The Morgan fingerprint density at radius 3 is 2.88 bits per heavy atom. The highest BCUT2D eigenvalue weighted by molar-refractivity contribution is 9.10. The first kappa shape index (κ1) is 12.3. The molecule has 4 nitrogen and oxygen atoms in total. The van der Waals surface area contributed by atoms with Crippen LogP contribution in [0.15, 0.2) is 35.3 Å². The van der Waals surface area contributed by atoms with E-state index in [0.717, 1.165) is 28.6 Å². The predicted octanol–water partition coefficient (Wildman–Crippen LogP) is 2.50. The molecule has 1 atom stereocenters. The molecule has 0 amide bonds. The molecular formula is C12H15BrN4. The maximum absolute atomic E-state index is 6.18. The third kappa shape index (κ3) is 2.92. The summed E-state index contributed by atoms with van der Waals surface area (Å²) in [7, 11) is 0. The van der Waals surface area contributed by atoms with Crippen LogP contribution < -0.4 is 5.73 Å². The van der Waals surface area contributed by atoms with Crippen molar-refractivity contribution in [1.82, 2.24) is 14.8 Å². The largest absolute Gasteiger partial charge is 0.320 e. The Kier molecular flexibility index (Phi) is 3.91. The van der Waals surface area contributed by atoms with E-state index in [1.807, 2.05) is 23.1 Å². The summed E-state index contributed by atoms with van der Waals surface area (Å²) in [6.07, 6.45) is 8.41. The second kappa shape index (κ2) is 5.42. The minimum Gasteiger partial charge on any atom is -0.320 e. The van der Waals surface area contributed by atoms with E-state index in [1.54, 1.807) is 12.4 Å². The maximum atomic E-state index is 6.18. The number of nitrogens with zero attached hydrogens (tertiary/aromatic N) is 3. The summed E-state index contributed by atoms with van der Waals surface area (Å²) in [4.78, 5) is 4.12. The van der Waals surface area contributed by atoms with Gasteiger partial charge in [-0.2, -0.15) is 5.10 Å². The first-order chi connectivity index (χ1) is 8.20. The van der Waals surface area contributed by atoms with Crippen LogP contribution in [0.1, 0.15) is 30.5 Å². The standard InChI is InChI=1S/C12H15BrN4/c1-2-3-17-8-10(6-16-17)12(14)9-4-11(13)7-15-5-9/h4-8,12H,2-3,14H2,1H3. The normalized spacial score (nSPS) is 12.6. The molecule has 0 saturated carbocycles. The number of hydrogen-bond acceptors (Lipinski definition) is 3. The van der Waals surface area contributed by atoms with Crippen molar-refractivity contribution in [3.05, 3.63) is 46.5 Å². The molecule has 0 fully saturated rings. The number of aryl methyl sites for hydroxylation is 1. The van der Waals surface area contributed by atoms with E-state index in [4.69, 9.17) is 5.73 Å². The van der Waals surface area contributed by atoms with Crippen molar-refractivity contribution in [2.75, 3.05) is 0 Å². The molecule has 0 saturated heterocycles. The lowest BCUT2D eigenvalue weighted by Crippen LogP contribution is -2.11. The van der Waals surface area contributed by atoms with Gasteiger partial charge in [0.1, 0.15) is 0 Å². The molecule has 0 radical (unpaired) electrons. The quantitative estimate of drug-likeness (QED) is 0.943. The highest BCUT2D eigenvalue weighted by Gasteiger charge is 2.11. The van der Waals surface area contributed by atoms with Crippen LogP contribution in [0.2, 0.25) is 0 Å². The van der Waals surface area contributed by atoms with Gasteiger partial charge in [-0.15, -0.1) is 0 Å². The molecule has 90 valence electrons. The minimum absolute atomic E-state index is 0.175. The summed E-state index contributed by atoms with van der Waals surface area (Å²) in [6, 6.07) is 1.81. The van der Waals surface area contributed by atoms with Crippen LogP contribution in [0.5, 0.6) is 0 Å². The second-order valence-corrected chi connectivity index (χ2v) is 4.87. The van der Waals surface area contributed by atoms with Crippen LogP contribution >= 0.6 is 15.9 Å². The van der Waals surface area contributed by atoms with E-state index >= 15 is 0 Å². The number of nitrogens with two attached hydrogens (primary N) is 1. The minimum atomic E-state index is -0.175. The average molecular weight is 295 g/mol. The van der Waals surface area contributed by atoms with Crippen molar-refractivity contribution in [3.63, 3.8) is 0 Å². The molecule has 2 aromatic rings. The lowest BCUT2D eigenvalue weighted by molar-refractivity contribution is 0.602. The van der Waals surface area contributed by atoms with Crippen LogP contribution in [0.3, 0.4) is 0 Å². The molecule has 0 spiro atoms. The zero-order valence-electron chi connectivity index (χ0n) is 9.68. The topological polar surface area (TPSA) is 56.7 Å². The second-order valence-electron chi connectivity index (χ2n) is 3.95.